The van der Waals surface area contributed by atoms with Crippen molar-refractivity contribution in [2.45, 2.75) is 57.1 Å². The topological polar surface area (TPSA) is 129 Å². The standard InChI is InChI=1S/C29H34N2O7/c1-16-3-5-17(6-4-16)14-31(29(36)19-7-8-19)22-13-21(28(35)30-9-10-32)24-20-11-18(15-33)12-23(37-2)26(20)38-27(24)25(22)34/h3-6,11-13,19,22,24-25,27,32-34H,7-10,14-15H2,1-2H3,(H,30,35). The van der Waals surface area contributed by atoms with Crippen LogP contribution in [0.4, 0.5) is 0 Å². The molecule has 0 spiro atoms. The van der Waals surface area contributed by atoms with E-state index < -0.39 is 30.1 Å². The molecule has 0 aromatic heterocycles. The van der Waals surface area contributed by atoms with Gasteiger partial charge in [-0.15, -0.1) is 0 Å². The number of benzene rings is 2. The van der Waals surface area contributed by atoms with Crippen LogP contribution in [0.3, 0.4) is 0 Å². The van der Waals surface area contributed by atoms with Crippen LogP contribution in [0.1, 0.15) is 41.0 Å². The average Bonchev–Trinajstić information content (AvgIpc) is 3.71. The second kappa shape index (κ2) is 10.8. The summed E-state index contributed by atoms with van der Waals surface area (Å²) >= 11 is 0. The highest BCUT2D eigenvalue weighted by Gasteiger charge is 2.52. The summed E-state index contributed by atoms with van der Waals surface area (Å²) < 4.78 is 11.8. The summed E-state index contributed by atoms with van der Waals surface area (Å²) in [6.45, 7) is 1.87. The number of fused-ring (bicyclic) bond motifs is 3. The minimum atomic E-state index is -1.13. The first-order valence-electron chi connectivity index (χ1n) is 13.0. The van der Waals surface area contributed by atoms with E-state index in [0.717, 1.165) is 24.0 Å². The van der Waals surface area contributed by atoms with Gasteiger partial charge in [-0.2, -0.15) is 0 Å². The van der Waals surface area contributed by atoms with Gasteiger partial charge in [0.15, 0.2) is 11.5 Å². The van der Waals surface area contributed by atoms with Crippen LogP contribution in [0.15, 0.2) is 48.0 Å². The molecule has 38 heavy (non-hydrogen) atoms. The molecule has 1 aliphatic heterocycles. The molecule has 1 fully saturated rings. The van der Waals surface area contributed by atoms with Gasteiger partial charge >= 0.3 is 0 Å². The van der Waals surface area contributed by atoms with Crippen LogP contribution in [0.25, 0.3) is 0 Å². The first-order chi connectivity index (χ1) is 18.4. The molecule has 3 aliphatic rings. The van der Waals surface area contributed by atoms with Gasteiger partial charge in [0.05, 0.1) is 32.3 Å². The first kappa shape index (κ1) is 26.2. The molecule has 2 aromatic carbocycles. The predicted molar refractivity (Wildman–Crippen MR) is 139 cm³/mol. The zero-order valence-electron chi connectivity index (χ0n) is 21.6. The van der Waals surface area contributed by atoms with Gasteiger partial charge in [-0.1, -0.05) is 29.8 Å². The molecule has 9 heteroatoms. The van der Waals surface area contributed by atoms with E-state index in [9.17, 15) is 24.9 Å². The number of amides is 2. The lowest BCUT2D eigenvalue weighted by Gasteiger charge is -2.41. The molecule has 4 N–H and O–H groups in total. The normalized spacial score (nSPS) is 23.6. The van der Waals surface area contributed by atoms with Crippen molar-refractivity contribution in [1.29, 1.82) is 0 Å². The van der Waals surface area contributed by atoms with E-state index >= 15 is 0 Å². The van der Waals surface area contributed by atoms with Crippen molar-refractivity contribution < 1.29 is 34.4 Å². The average molecular weight is 523 g/mol. The number of rotatable bonds is 9. The Balaban J connectivity index is 1.58. The Kier molecular flexibility index (Phi) is 7.43. The van der Waals surface area contributed by atoms with Crippen LogP contribution in [0.2, 0.25) is 0 Å². The molecule has 2 aromatic rings. The maximum Gasteiger partial charge on any atom is 0.247 e. The number of aryl methyl sites for hydroxylation is 1. The summed E-state index contributed by atoms with van der Waals surface area (Å²) in [4.78, 5) is 28.6. The van der Waals surface area contributed by atoms with E-state index in [1.807, 2.05) is 31.2 Å². The van der Waals surface area contributed by atoms with Crippen LogP contribution in [-0.2, 0) is 22.7 Å². The molecule has 1 saturated carbocycles. The Morgan fingerprint density at radius 3 is 2.50 bits per heavy atom. The zero-order chi connectivity index (χ0) is 27.0. The van der Waals surface area contributed by atoms with Gasteiger partial charge in [-0.05, 0) is 49.1 Å². The van der Waals surface area contributed by atoms with Crippen molar-refractivity contribution in [1.82, 2.24) is 10.2 Å². The predicted octanol–water partition coefficient (Wildman–Crippen LogP) is 1.56. The van der Waals surface area contributed by atoms with Crippen molar-refractivity contribution in [3.05, 3.63) is 70.3 Å². The Labute approximate surface area is 221 Å². The van der Waals surface area contributed by atoms with Gasteiger partial charge in [0.25, 0.3) is 0 Å². The Morgan fingerprint density at radius 1 is 1.13 bits per heavy atom. The third kappa shape index (κ3) is 4.89. The smallest absolute Gasteiger partial charge is 0.247 e. The first-order valence-corrected chi connectivity index (χ1v) is 13.0. The number of carbonyl (C=O) groups is 2. The lowest BCUT2D eigenvalue weighted by molar-refractivity contribution is -0.139. The zero-order valence-corrected chi connectivity index (χ0v) is 21.6. The molecule has 4 atom stereocenters. The third-order valence-electron chi connectivity index (χ3n) is 7.54. The van der Waals surface area contributed by atoms with Gasteiger partial charge in [0, 0.05) is 30.1 Å². The fourth-order valence-corrected chi connectivity index (χ4v) is 5.40. The van der Waals surface area contributed by atoms with E-state index in [-0.39, 0.29) is 38.1 Å². The quantitative estimate of drug-likeness (QED) is 0.393. The molecular weight excluding hydrogens is 488 g/mol. The summed E-state index contributed by atoms with van der Waals surface area (Å²) in [6, 6.07) is 10.5. The number of aliphatic hydroxyl groups excluding tert-OH is 3. The lowest BCUT2D eigenvalue weighted by atomic mass is 9.77. The Hall–Kier alpha value is -3.40. The summed E-state index contributed by atoms with van der Waals surface area (Å²) in [7, 11) is 1.49. The van der Waals surface area contributed by atoms with E-state index in [1.165, 1.54) is 7.11 Å². The fourth-order valence-electron chi connectivity index (χ4n) is 5.40. The maximum absolute atomic E-state index is 13.5. The summed E-state index contributed by atoms with van der Waals surface area (Å²) in [5.74, 6) is -0.420. The Morgan fingerprint density at radius 2 is 1.87 bits per heavy atom. The van der Waals surface area contributed by atoms with Gasteiger partial charge in [-0.25, -0.2) is 0 Å². The SMILES string of the molecule is COc1cc(CO)cc2c1OC1C2C(C(=O)NCCO)=CC(N(Cc2ccc(C)cc2)C(=O)C2CC2)C1O. The molecule has 5 rings (SSSR count). The number of ether oxygens (including phenoxy) is 2. The molecule has 1 heterocycles. The van der Waals surface area contributed by atoms with Crippen molar-refractivity contribution >= 4 is 11.8 Å². The van der Waals surface area contributed by atoms with Gasteiger partial charge < -0.3 is 35.0 Å². The number of carbonyl (C=O) groups excluding carboxylic acids is 2. The van der Waals surface area contributed by atoms with Crippen molar-refractivity contribution in [2.75, 3.05) is 20.3 Å². The lowest BCUT2D eigenvalue weighted by Crippen LogP contribution is -2.55. The van der Waals surface area contributed by atoms with Gasteiger partial charge in [0.1, 0.15) is 12.2 Å². The van der Waals surface area contributed by atoms with Crippen LogP contribution in [0.5, 0.6) is 11.5 Å². The van der Waals surface area contributed by atoms with Gasteiger partial charge in [-0.3, -0.25) is 9.59 Å². The highest BCUT2D eigenvalue weighted by atomic mass is 16.5. The summed E-state index contributed by atoms with van der Waals surface area (Å²) in [6.07, 6.45) is 1.29. The van der Waals surface area contributed by atoms with Crippen LogP contribution in [0, 0.1) is 12.8 Å². The minimum Gasteiger partial charge on any atom is -0.493 e. The second-order valence-corrected chi connectivity index (χ2v) is 10.2. The minimum absolute atomic E-state index is 0.0581. The highest BCUT2D eigenvalue weighted by Crippen LogP contribution is 2.51. The van der Waals surface area contributed by atoms with Crippen LogP contribution < -0.4 is 14.8 Å². The second-order valence-electron chi connectivity index (χ2n) is 10.2. The molecule has 4 unspecified atom stereocenters. The molecular formula is C29H34N2O7. The molecule has 9 nitrogen and oxygen atoms in total. The molecule has 2 amide bonds. The molecule has 0 bridgehead atoms. The number of nitrogens with zero attached hydrogens (tertiary/aromatic N) is 1. The fraction of sp³-hybridized carbons (Fsp3) is 0.448. The van der Waals surface area contributed by atoms with Gasteiger partial charge in [0.2, 0.25) is 11.8 Å². The van der Waals surface area contributed by atoms with Crippen molar-refractivity contribution in [2.24, 2.45) is 5.92 Å². The monoisotopic (exact) mass is 522 g/mol. The molecule has 202 valence electrons. The van der Waals surface area contributed by atoms with E-state index in [4.69, 9.17) is 9.47 Å². The van der Waals surface area contributed by atoms with Crippen LogP contribution in [-0.4, -0.2) is 70.5 Å². The Bertz CT molecular complexity index is 1240. The number of aliphatic hydroxyl groups is 3. The number of nitrogens with one attached hydrogen (secondary N) is 1. The van der Waals surface area contributed by atoms with Crippen molar-refractivity contribution in [3.63, 3.8) is 0 Å². The summed E-state index contributed by atoms with van der Waals surface area (Å²) in [5, 5.41) is 33.5. The maximum atomic E-state index is 13.5. The number of methoxy groups -OCH3 is 1. The number of hydrogen-bond donors (Lipinski definition) is 4. The van der Waals surface area contributed by atoms with Crippen LogP contribution >= 0.6 is 0 Å². The number of hydrogen-bond acceptors (Lipinski definition) is 7. The highest BCUT2D eigenvalue weighted by molar-refractivity contribution is 5.96. The molecule has 0 radical (unpaired) electrons. The van der Waals surface area contributed by atoms with E-state index in [2.05, 4.69) is 5.32 Å². The largest absolute Gasteiger partial charge is 0.493 e. The molecule has 0 saturated heterocycles. The van der Waals surface area contributed by atoms with E-state index in [0.29, 0.717) is 28.2 Å². The van der Waals surface area contributed by atoms with Crippen molar-refractivity contribution in [3.8, 4) is 11.5 Å². The van der Waals surface area contributed by atoms with E-state index in [1.54, 1.807) is 23.1 Å². The third-order valence-corrected chi connectivity index (χ3v) is 7.54. The summed E-state index contributed by atoms with van der Waals surface area (Å²) in [5.41, 5.74) is 3.57. The molecule has 2 aliphatic carbocycles.